The third kappa shape index (κ3) is 3.97. The zero-order valence-electron chi connectivity index (χ0n) is 13.3. The second kappa shape index (κ2) is 8.01. The van der Waals surface area contributed by atoms with Gasteiger partial charge in [-0.2, -0.15) is 0 Å². The molecule has 7 nitrogen and oxygen atoms in total. The molecule has 1 aliphatic rings. The first-order valence-electron chi connectivity index (χ1n) is 7.43. The molecule has 1 unspecified atom stereocenters. The van der Waals surface area contributed by atoms with Gasteiger partial charge in [0.05, 0.1) is 13.2 Å². The summed E-state index contributed by atoms with van der Waals surface area (Å²) in [5, 5.41) is 0.296. The number of carbonyl (C=O) groups is 3. The van der Waals surface area contributed by atoms with Gasteiger partial charge in [-0.05, 0) is 31.9 Å². The summed E-state index contributed by atoms with van der Waals surface area (Å²) in [5.41, 5.74) is 0.469. The molecule has 0 saturated heterocycles. The van der Waals surface area contributed by atoms with Crippen LogP contribution in [-0.4, -0.2) is 37.7 Å². The smallest absolute Gasteiger partial charge is 0.375 e. The molecule has 1 aliphatic heterocycles. The summed E-state index contributed by atoms with van der Waals surface area (Å²) in [5.74, 6) is -3.24. The van der Waals surface area contributed by atoms with Crippen LogP contribution >= 0.6 is 11.6 Å². The van der Waals surface area contributed by atoms with Gasteiger partial charge in [0.2, 0.25) is 6.79 Å². The van der Waals surface area contributed by atoms with Crippen molar-refractivity contribution in [1.29, 1.82) is 0 Å². The highest BCUT2D eigenvalue weighted by molar-refractivity contribution is 6.38. The average Bonchev–Trinajstić information content (AvgIpc) is 2.99. The molecule has 24 heavy (non-hydrogen) atoms. The molecule has 0 amide bonds. The van der Waals surface area contributed by atoms with Crippen molar-refractivity contribution >= 4 is 29.3 Å². The van der Waals surface area contributed by atoms with Crippen LogP contribution in [0.4, 0.5) is 0 Å². The first-order valence-corrected chi connectivity index (χ1v) is 7.81. The van der Waals surface area contributed by atoms with E-state index in [2.05, 4.69) is 4.74 Å². The van der Waals surface area contributed by atoms with Crippen molar-refractivity contribution < 1.29 is 33.3 Å². The van der Waals surface area contributed by atoms with Gasteiger partial charge in [-0.25, -0.2) is 4.79 Å². The molecular formula is C16H17ClO7. The number of rotatable bonds is 7. The lowest BCUT2D eigenvalue weighted by Crippen LogP contribution is -2.34. The van der Waals surface area contributed by atoms with Gasteiger partial charge in [0.1, 0.15) is 5.92 Å². The molecule has 0 saturated carbocycles. The Kier molecular flexibility index (Phi) is 6.03. The summed E-state index contributed by atoms with van der Waals surface area (Å²) in [6.07, 6.45) is -0.105. The van der Waals surface area contributed by atoms with Gasteiger partial charge < -0.3 is 18.9 Å². The van der Waals surface area contributed by atoms with Crippen LogP contribution in [0.3, 0.4) is 0 Å². The Labute approximate surface area is 143 Å². The number of ether oxygens (including phenoxy) is 4. The van der Waals surface area contributed by atoms with Crippen LogP contribution in [0, 0.1) is 5.92 Å². The lowest BCUT2D eigenvalue weighted by molar-refractivity contribution is -0.162. The molecule has 0 spiro atoms. The molecule has 1 heterocycles. The van der Waals surface area contributed by atoms with E-state index < -0.39 is 23.6 Å². The molecule has 0 N–H and O–H groups in total. The van der Waals surface area contributed by atoms with Crippen LogP contribution in [0.2, 0.25) is 5.02 Å². The number of Topliss-reactive ketones (excluding diaryl/α,β-unsaturated/α-hetero) is 1. The van der Waals surface area contributed by atoms with Crippen LogP contribution in [0.15, 0.2) is 12.1 Å². The predicted molar refractivity (Wildman–Crippen MR) is 83.0 cm³/mol. The maximum atomic E-state index is 12.2. The van der Waals surface area contributed by atoms with Crippen LogP contribution < -0.4 is 9.47 Å². The number of fused-ring (bicyclic) bond motifs is 1. The molecule has 2 rings (SSSR count). The largest absolute Gasteiger partial charge is 0.465 e. The lowest BCUT2D eigenvalue weighted by Gasteiger charge is -2.15. The highest BCUT2D eigenvalue weighted by Gasteiger charge is 2.35. The topological polar surface area (TPSA) is 88.1 Å². The summed E-state index contributed by atoms with van der Waals surface area (Å²) in [6, 6.07) is 3.12. The number of hydrogen-bond acceptors (Lipinski definition) is 7. The lowest BCUT2D eigenvalue weighted by atomic mass is 9.94. The monoisotopic (exact) mass is 356 g/mol. The van der Waals surface area contributed by atoms with Crippen molar-refractivity contribution in [2.45, 2.75) is 20.3 Å². The van der Waals surface area contributed by atoms with Crippen LogP contribution in [-0.2, 0) is 30.3 Å². The highest BCUT2D eigenvalue weighted by Crippen LogP contribution is 2.37. The van der Waals surface area contributed by atoms with Gasteiger partial charge in [-0.15, -0.1) is 0 Å². The van der Waals surface area contributed by atoms with E-state index in [4.69, 9.17) is 25.8 Å². The van der Waals surface area contributed by atoms with E-state index in [1.807, 2.05) is 0 Å². The van der Waals surface area contributed by atoms with E-state index in [1.165, 1.54) is 6.07 Å². The molecule has 0 bridgehead atoms. The molecule has 1 aromatic rings. The van der Waals surface area contributed by atoms with Gasteiger partial charge in [-0.1, -0.05) is 11.6 Å². The van der Waals surface area contributed by atoms with Crippen molar-refractivity contribution in [1.82, 2.24) is 0 Å². The quantitative estimate of drug-likeness (QED) is 0.419. The maximum Gasteiger partial charge on any atom is 0.375 e. The summed E-state index contributed by atoms with van der Waals surface area (Å²) in [4.78, 5) is 36.0. The molecule has 0 fully saturated rings. The third-order valence-electron chi connectivity index (χ3n) is 3.33. The third-order valence-corrected chi connectivity index (χ3v) is 3.68. The van der Waals surface area contributed by atoms with Crippen molar-refractivity contribution in [3.8, 4) is 11.5 Å². The molecule has 0 aliphatic carbocycles. The summed E-state index contributed by atoms with van der Waals surface area (Å²) in [6.45, 7) is 3.36. The summed E-state index contributed by atoms with van der Waals surface area (Å²) < 4.78 is 20.0. The molecule has 1 aromatic carbocycles. The first kappa shape index (κ1) is 18.1. The van der Waals surface area contributed by atoms with Crippen LogP contribution in [0.25, 0.3) is 0 Å². The number of esters is 2. The fourth-order valence-corrected chi connectivity index (χ4v) is 2.44. The zero-order valence-corrected chi connectivity index (χ0v) is 14.1. The highest BCUT2D eigenvalue weighted by atomic mass is 35.5. The Morgan fingerprint density at radius 3 is 2.38 bits per heavy atom. The van der Waals surface area contributed by atoms with Crippen molar-refractivity contribution in [2.75, 3.05) is 20.0 Å². The Hall–Kier alpha value is -2.28. The fraction of sp³-hybridized carbons (Fsp3) is 0.438. The van der Waals surface area contributed by atoms with Crippen LogP contribution in [0.1, 0.15) is 19.4 Å². The molecule has 1 atom stereocenters. The molecular weight excluding hydrogens is 340 g/mol. The normalized spacial score (nSPS) is 13.3. The van der Waals surface area contributed by atoms with Gasteiger partial charge >= 0.3 is 11.9 Å². The number of halogens is 1. The molecule has 0 aromatic heterocycles. The Balaban J connectivity index is 2.26. The second-order valence-corrected chi connectivity index (χ2v) is 5.30. The number of hydrogen-bond donors (Lipinski definition) is 0. The maximum absolute atomic E-state index is 12.2. The Morgan fingerprint density at radius 2 is 1.75 bits per heavy atom. The first-order chi connectivity index (χ1) is 11.5. The fourth-order valence-electron chi connectivity index (χ4n) is 2.21. The number of carbonyl (C=O) groups excluding carboxylic acids is 3. The average molecular weight is 357 g/mol. The van der Waals surface area contributed by atoms with E-state index in [1.54, 1.807) is 19.9 Å². The number of ketones is 1. The molecule has 130 valence electrons. The van der Waals surface area contributed by atoms with Crippen LogP contribution in [0.5, 0.6) is 11.5 Å². The van der Waals surface area contributed by atoms with Gasteiger partial charge in [0.15, 0.2) is 11.5 Å². The van der Waals surface area contributed by atoms with E-state index in [9.17, 15) is 14.4 Å². The van der Waals surface area contributed by atoms with Crippen molar-refractivity contribution in [3.05, 3.63) is 22.7 Å². The van der Waals surface area contributed by atoms with Gasteiger partial charge in [0, 0.05) is 11.1 Å². The summed E-state index contributed by atoms with van der Waals surface area (Å²) >= 11 is 6.16. The van der Waals surface area contributed by atoms with Gasteiger partial charge in [-0.3, -0.25) is 9.59 Å². The van der Waals surface area contributed by atoms with Gasteiger partial charge in [0.25, 0.3) is 5.78 Å². The second-order valence-electron chi connectivity index (χ2n) is 4.89. The van der Waals surface area contributed by atoms with E-state index in [0.717, 1.165) is 0 Å². The summed E-state index contributed by atoms with van der Waals surface area (Å²) in [7, 11) is 0. The van der Waals surface area contributed by atoms with E-state index in [0.29, 0.717) is 22.1 Å². The zero-order chi connectivity index (χ0) is 17.7. The van der Waals surface area contributed by atoms with E-state index in [-0.39, 0.29) is 26.4 Å². The molecule has 0 radical (unpaired) electrons. The Bertz CT molecular complexity index is 656. The SMILES string of the molecule is CCOC(=O)C(=O)C(Cc1cc2c(cc1Cl)OCO2)C(=O)OCC. The predicted octanol–water partition coefficient (Wildman–Crippen LogP) is 1.92. The van der Waals surface area contributed by atoms with E-state index >= 15 is 0 Å². The minimum absolute atomic E-state index is 0.0326. The van der Waals surface area contributed by atoms with Crippen molar-refractivity contribution in [2.24, 2.45) is 5.92 Å². The molecule has 8 heteroatoms. The standard InChI is InChI=1S/C16H17ClO7/c1-3-21-15(19)10(14(18)16(20)22-4-2)5-9-6-12-13(7-11(9)17)24-8-23-12/h6-7,10H,3-5,8H2,1-2H3. The minimum atomic E-state index is -1.33. The minimum Gasteiger partial charge on any atom is -0.465 e. The Morgan fingerprint density at radius 1 is 1.12 bits per heavy atom. The number of benzene rings is 1. The van der Waals surface area contributed by atoms with Crippen molar-refractivity contribution in [3.63, 3.8) is 0 Å².